The minimum Gasteiger partial charge on any atom is -0.480 e. The third-order valence-corrected chi connectivity index (χ3v) is 6.11. The summed E-state index contributed by atoms with van der Waals surface area (Å²) in [6.45, 7) is 0. The second-order valence-corrected chi connectivity index (χ2v) is 9.31. The van der Waals surface area contributed by atoms with Crippen molar-refractivity contribution in [3.8, 4) is 0 Å². The summed E-state index contributed by atoms with van der Waals surface area (Å²) in [4.78, 5) is 44.3. The number of nitrogens with zero attached hydrogens (tertiary/aromatic N) is 1. The fraction of sp³-hybridized carbons (Fsp3) is 0.217. The third-order valence-electron chi connectivity index (χ3n) is 5.19. The summed E-state index contributed by atoms with van der Waals surface area (Å²) in [5, 5.41) is 17.2. The number of ketones is 1. The molecule has 178 valence electrons. The summed E-state index contributed by atoms with van der Waals surface area (Å²) >= 11 is 0. The number of hydrogen-bond donors (Lipinski definition) is 4. The van der Waals surface area contributed by atoms with Crippen molar-refractivity contribution >= 4 is 27.7 Å². The Hall–Kier alpha value is -3.83. The molecule has 10 nitrogen and oxygen atoms in total. The molecule has 0 aliphatic carbocycles. The lowest BCUT2D eigenvalue weighted by atomic mass is 9.91. The average Bonchev–Trinajstić information content (AvgIpc) is 3.31. The Balaban J connectivity index is 1.82. The maximum absolute atomic E-state index is 13.1. The van der Waals surface area contributed by atoms with Gasteiger partial charge in [-0.2, -0.15) is 0 Å². The Morgan fingerprint density at radius 1 is 1.06 bits per heavy atom. The van der Waals surface area contributed by atoms with E-state index in [2.05, 4.69) is 15.3 Å². The molecular formula is C23H24N4O6S. The molecule has 0 saturated heterocycles. The molecule has 0 bridgehead atoms. The summed E-state index contributed by atoms with van der Waals surface area (Å²) in [7, 11) is -4.01. The average molecular weight is 485 g/mol. The monoisotopic (exact) mass is 484 g/mol. The van der Waals surface area contributed by atoms with E-state index < -0.39 is 39.6 Å². The number of carboxylic acids is 1. The van der Waals surface area contributed by atoms with Crippen molar-refractivity contribution in [3.63, 3.8) is 0 Å². The molecule has 11 heteroatoms. The Labute approximate surface area is 196 Å². The van der Waals surface area contributed by atoms with E-state index in [9.17, 15) is 27.9 Å². The molecule has 2 atom stereocenters. The first-order chi connectivity index (χ1) is 16.1. The topological polar surface area (TPSA) is 172 Å². The number of H-pyrrole nitrogens is 1. The fourth-order valence-electron chi connectivity index (χ4n) is 3.45. The minimum absolute atomic E-state index is 0.0347. The predicted molar refractivity (Wildman–Crippen MR) is 122 cm³/mol. The zero-order chi connectivity index (χ0) is 24.7. The zero-order valence-electron chi connectivity index (χ0n) is 18.0. The van der Waals surface area contributed by atoms with Crippen LogP contribution in [0.4, 0.5) is 0 Å². The van der Waals surface area contributed by atoms with Gasteiger partial charge in [-0.25, -0.2) is 23.3 Å². The standard InChI is InChI=1S/C23H24N4O6S/c24-34(32,33)19-8-4-7-16(10-19)21(28)11-17(9-15-5-2-1-3-6-15)22(29)27-20(23(30)31)12-18-13-25-14-26-18/h1-8,10,13-14,17,20H,9,11-12H2,(H,25,26)(H,27,29)(H,30,31)(H2,24,32,33)/t17-,20+/m1/s1. The van der Waals surface area contributed by atoms with Gasteiger partial charge in [-0.05, 0) is 24.1 Å². The maximum Gasteiger partial charge on any atom is 0.326 e. The lowest BCUT2D eigenvalue weighted by Crippen LogP contribution is -2.45. The first-order valence-corrected chi connectivity index (χ1v) is 11.9. The van der Waals surface area contributed by atoms with Gasteiger partial charge < -0.3 is 15.4 Å². The number of nitrogens with one attached hydrogen (secondary N) is 2. The van der Waals surface area contributed by atoms with Gasteiger partial charge in [0.15, 0.2) is 5.78 Å². The molecule has 0 aliphatic heterocycles. The van der Waals surface area contributed by atoms with Crippen molar-refractivity contribution in [1.82, 2.24) is 15.3 Å². The highest BCUT2D eigenvalue weighted by atomic mass is 32.2. The maximum atomic E-state index is 13.1. The number of Topliss-reactive ketones (excluding diaryl/α,β-unsaturated/α-hetero) is 1. The quantitative estimate of drug-likeness (QED) is 0.297. The molecule has 5 N–H and O–H groups in total. The van der Waals surface area contributed by atoms with Gasteiger partial charge in [0, 0.05) is 30.5 Å². The Kier molecular flexibility index (Phi) is 7.92. The number of sulfonamides is 1. The molecule has 1 aromatic heterocycles. The number of hydrogen-bond acceptors (Lipinski definition) is 6. The molecule has 0 spiro atoms. The van der Waals surface area contributed by atoms with Gasteiger partial charge in [-0.3, -0.25) is 9.59 Å². The Morgan fingerprint density at radius 2 is 1.79 bits per heavy atom. The normalized spacial score (nSPS) is 13.1. The van der Waals surface area contributed by atoms with Crippen molar-refractivity contribution in [3.05, 3.63) is 83.9 Å². The van der Waals surface area contributed by atoms with E-state index >= 15 is 0 Å². The van der Waals surface area contributed by atoms with E-state index in [1.54, 1.807) is 24.3 Å². The van der Waals surface area contributed by atoms with Crippen LogP contribution in [0.25, 0.3) is 0 Å². The number of carbonyl (C=O) groups is 3. The molecule has 3 rings (SSSR count). The Morgan fingerprint density at radius 3 is 2.41 bits per heavy atom. The number of benzene rings is 2. The summed E-state index contributed by atoms with van der Waals surface area (Å²) in [6.07, 6.45) is 2.83. The number of aromatic amines is 1. The van der Waals surface area contributed by atoms with Gasteiger partial charge in [0.05, 0.1) is 16.9 Å². The highest BCUT2D eigenvalue weighted by Gasteiger charge is 2.28. The first-order valence-electron chi connectivity index (χ1n) is 10.3. The lowest BCUT2D eigenvalue weighted by Gasteiger charge is -2.20. The van der Waals surface area contributed by atoms with Gasteiger partial charge in [0.2, 0.25) is 15.9 Å². The van der Waals surface area contributed by atoms with Gasteiger partial charge in [-0.1, -0.05) is 42.5 Å². The summed E-state index contributed by atoms with van der Waals surface area (Å²) in [6, 6.07) is 13.0. The van der Waals surface area contributed by atoms with Crippen LogP contribution in [0.2, 0.25) is 0 Å². The van der Waals surface area contributed by atoms with Crippen molar-refractivity contribution < 1.29 is 27.9 Å². The minimum atomic E-state index is -4.01. The van der Waals surface area contributed by atoms with Crippen molar-refractivity contribution in [2.45, 2.75) is 30.2 Å². The molecule has 3 aromatic rings. The van der Waals surface area contributed by atoms with E-state index in [1.807, 2.05) is 6.07 Å². The highest BCUT2D eigenvalue weighted by Crippen LogP contribution is 2.19. The van der Waals surface area contributed by atoms with Crippen LogP contribution in [0.3, 0.4) is 0 Å². The molecule has 0 saturated carbocycles. The molecule has 0 aliphatic rings. The van der Waals surface area contributed by atoms with Crippen LogP contribution in [-0.2, 0) is 32.5 Å². The number of aliphatic carboxylic acids is 1. The van der Waals surface area contributed by atoms with Gasteiger partial charge in [-0.15, -0.1) is 0 Å². The van der Waals surface area contributed by atoms with Crippen LogP contribution in [-0.4, -0.2) is 47.2 Å². The fourth-order valence-corrected chi connectivity index (χ4v) is 4.01. The highest BCUT2D eigenvalue weighted by molar-refractivity contribution is 7.89. The largest absolute Gasteiger partial charge is 0.480 e. The van der Waals surface area contributed by atoms with Crippen LogP contribution in [0.5, 0.6) is 0 Å². The van der Waals surface area contributed by atoms with Gasteiger partial charge in [0.25, 0.3) is 0 Å². The number of primary sulfonamides is 1. The molecule has 0 fully saturated rings. The number of carboxylic acid groups (broad SMARTS) is 1. The van der Waals surface area contributed by atoms with Crippen LogP contribution >= 0.6 is 0 Å². The first kappa shape index (κ1) is 24.8. The second kappa shape index (κ2) is 10.9. The zero-order valence-corrected chi connectivity index (χ0v) is 18.9. The van der Waals surface area contributed by atoms with E-state index in [4.69, 9.17) is 5.14 Å². The lowest BCUT2D eigenvalue weighted by molar-refractivity contribution is -0.142. The van der Waals surface area contributed by atoms with Crippen LogP contribution in [0, 0.1) is 5.92 Å². The number of amides is 1. The number of imidazole rings is 1. The van der Waals surface area contributed by atoms with E-state index in [1.165, 1.54) is 30.7 Å². The van der Waals surface area contributed by atoms with Crippen molar-refractivity contribution in [2.75, 3.05) is 0 Å². The van der Waals surface area contributed by atoms with Crippen LogP contribution < -0.4 is 10.5 Å². The predicted octanol–water partition coefficient (Wildman–Crippen LogP) is 1.30. The molecule has 0 radical (unpaired) electrons. The molecule has 1 amide bonds. The molecule has 2 aromatic carbocycles. The SMILES string of the molecule is NS(=O)(=O)c1cccc(C(=O)C[C@@H](Cc2ccccc2)C(=O)N[C@@H](Cc2c[nH]cn2)C(=O)O)c1. The number of rotatable bonds is 11. The summed E-state index contributed by atoms with van der Waals surface area (Å²) < 4.78 is 23.3. The van der Waals surface area contributed by atoms with Crippen molar-refractivity contribution in [1.29, 1.82) is 0 Å². The van der Waals surface area contributed by atoms with Gasteiger partial charge in [0.1, 0.15) is 6.04 Å². The Bertz CT molecular complexity index is 1260. The second-order valence-electron chi connectivity index (χ2n) is 7.75. The van der Waals surface area contributed by atoms with Crippen LogP contribution in [0.1, 0.15) is 28.0 Å². The summed E-state index contributed by atoms with van der Waals surface area (Å²) in [5.41, 5.74) is 1.33. The third kappa shape index (κ3) is 6.83. The van der Waals surface area contributed by atoms with Gasteiger partial charge >= 0.3 is 5.97 Å². The summed E-state index contributed by atoms with van der Waals surface area (Å²) in [5.74, 6) is -3.21. The van der Waals surface area contributed by atoms with Crippen molar-refractivity contribution in [2.24, 2.45) is 11.1 Å². The van der Waals surface area contributed by atoms with E-state index in [0.29, 0.717) is 5.69 Å². The molecule has 0 unspecified atom stereocenters. The number of carbonyl (C=O) groups excluding carboxylic acids is 2. The molecular weight excluding hydrogens is 460 g/mol. The van der Waals surface area contributed by atoms with Crippen LogP contribution in [0.15, 0.2) is 72.0 Å². The number of aromatic nitrogens is 2. The van der Waals surface area contributed by atoms with E-state index in [0.717, 1.165) is 11.6 Å². The number of nitrogens with two attached hydrogens (primary N) is 1. The molecule has 34 heavy (non-hydrogen) atoms. The van der Waals surface area contributed by atoms with E-state index in [-0.39, 0.29) is 29.7 Å². The smallest absolute Gasteiger partial charge is 0.326 e. The molecule has 1 heterocycles.